The van der Waals surface area contributed by atoms with Crippen LogP contribution in [-0.2, 0) is 14.2 Å². The van der Waals surface area contributed by atoms with Crippen molar-refractivity contribution in [2.45, 2.75) is 38.0 Å². The van der Waals surface area contributed by atoms with Gasteiger partial charge in [0.15, 0.2) is 6.29 Å². The predicted molar refractivity (Wildman–Crippen MR) is 76.1 cm³/mol. The van der Waals surface area contributed by atoms with Crippen LogP contribution < -0.4 is 5.73 Å². The zero-order valence-electron chi connectivity index (χ0n) is 12.9. The number of nitrogens with zero attached hydrogens (tertiary/aromatic N) is 1. The van der Waals surface area contributed by atoms with E-state index in [1.54, 1.807) is 21.3 Å². The third kappa shape index (κ3) is 4.68. The first-order valence-corrected chi connectivity index (χ1v) is 7.09. The van der Waals surface area contributed by atoms with E-state index in [0.717, 1.165) is 26.1 Å². The molecule has 1 fully saturated rings. The van der Waals surface area contributed by atoms with Gasteiger partial charge in [0.2, 0.25) is 0 Å². The zero-order chi connectivity index (χ0) is 14.3. The second-order valence-electron chi connectivity index (χ2n) is 5.72. The summed E-state index contributed by atoms with van der Waals surface area (Å²) >= 11 is 0. The molecular weight excluding hydrogens is 244 g/mol. The van der Waals surface area contributed by atoms with Crippen molar-refractivity contribution in [1.82, 2.24) is 4.90 Å². The normalized spacial score (nSPS) is 24.6. The highest BCUT2D eigenvalue weighted by atomic mass is 16.7. The van der Waals surface area contributed by atoms with Crippen molar-refractivity contribution >= 4 is 0 Å². The van der Waals surface area contributed by atoms with Crippen molar-refractivity contribution in [2.75, 3.05) is 47.6 Å². The van der Waals surface area contributed by atoms with Crippen molar-refractivity contribution in [1.29, 1.82) is 0 Å². The lowest BCUT2D eigenvalue weighted by Gasteiger charge is -2.46. The molecule has 0 aromatic rings. The van der Waals surface area contributed by atoms with Crippen LogP contribution in [0, 0.1) is 5.92 Å². The molecule has 2 unspecified atom stereocenters. The molecule has 1 aliphatic heterocycles. The quantitative estimate of drug-likeness (QED) is 0.671. The van der Waals surface area contributed by atoms with Crippen LogP contribution in [0.15, 0.2) is 0 Å². The largest absolute Gasteiger partial charge is 0.384 e. The first-order valence-electron chi connectivity index (χ1n) is 7.09. The summed E-state index contributed by atoms with van der Waals surface area (Å²) in [6.07, 6.45) is 3.03. The molecular formula is C14H30N2O3. The van der Waals surface area contributed by atoms with Gasteiger partial charge in [0, 0.05) is 46.4 Å². The molecule has 1 heterocycles. The maximum absolute atomic E-state index is 6.03. The summed E-state index contributed by atoms with van der Waals surface area (Å²) in [4.78, 5) is 2.48. The smallest absolute Gasteiger partial charge is 0.158 e. The first kappa shape index (κ1) is 16.9. The molecule has 2 atom stereocenters. The Bertz CT molecular complexity index is 247. The number of hydrogen-bond acceptors (Lipinski definition) is 5. The van der Waals surface area contributed by atoms with Gasteiger partial charge in [0.05, 0.1) is 6.61 Å². The second kappa shape index (κ2) is 8.17. The van der Waals surface area contributed by atoms with E-state index in [9.17, 15) is 0 Å². The van der Waals surface area contributed by atoms with Gasteiger partial charge in [0.25, 0.3) is 0 Å². The lowest BCUT2D eigenvalue weighted by molar-refractivity contribution is -0.131. The van der Waals surface area contributed by atoms with Gasteiger partial charge in [-0.2, -0.15) is 0 Å². The van der Waals surface area contributed by atoms with Gasteiger partial charge in [-0.15, -0.1) is 0 Å². The van der Waals surface area contributed by atoms with Crippen molar-refractivity contribution in [3.8, 4) is 0 Å². The highest BCUT2D eigenvalue weighted by Gasteiger charge is 2.36. The average Bonchev–Trinajstić information content (AvgIpc) is 2.45. The van der Waals surface area contributed by atoms with Gasteiger partial charge < -0.3 is 19.9 Å². The lowest BCUT2D eigenvalue weighted by Crippen LogP contribution is -2.57. The SMILES string of the molecule is COCC1CCCN(C(C)(CN)CC(OC)OC)C1. The Kier molecular flexibility index (Phi) is 7.25. The van der Waals surface area contributed by atoms with Gasteiger partial charge in [-0.1, -0.05) is 0 Å². The number of likely N-dealkylation sites (tertiary alicyclic amines) is 1. The monoisotopic (exact) mass is 274 g/mol. The van der Waals surface area contributed by atoms with Gasteiger partial charge in [0.1, 0.15) is 0 Å². The summed E-state index contributed by atoms with van der Waals surface area (Å²) in [6, 6.07) is 0. The van der Waals surface area contributed by atoms with Crippen molar-refractivity contribution in [3.05, 3.63) is 0 Å². The van der Waals surface area contributed by atoms with Crippen LogP contribution in [-0.4, -0.2) is 64.3 Å². The van der Waals surface area contributed by atoms with E-state index in [2.05, 4.69) is 11.8 Å². The van der Waals surface area contributed by atoms with Crippen molar-refractivity contribution in [3.63, 3.8) is 0 Å². The number of methoxy groups -OCH3 is 3. The Morgan fingerprint density at radius 1 is 1.32 bits per heavy atom. The fourth-order valence-corrected chi connectivity index (χ4v) is 2.89. The maximum Gasteiger partial charge on any atom is 0.158 e. The Hall–Kier alpha value is -0.200. The molecule has 5 heteroatoms. The number of ether oxygens (including phenoxy) is 3. The van der Waals surface area contributed by atoms with Crippen LogP contribution in [0.2, 0.25) is 0 Å². The van der Waals surface area contributed by atoms with Crippen LogP contribution in [0.4, 0.5) is 0 Å². The Labute approximate surface area is 117 Å². The molecule has 2 N–H and O–H groups in total. The van der Waals surface area contributed by atoms with Crippen LogP contribution in [0.5, 0.6) is 0 Å². The van der Waals surface area contributed by atoms with Crippen LogP contribution in [0.1, 0.15) is 26.2 Å². The third-order valence-electron chi connectivity index (χ3n) is 4.26. The number of nitrogens with two attached hydrogens (primary N) is 1. The number of piperidine rings is 1. The van der Waals surface area contributed by atoms with Crippen molar-refractivity contribution < 1.29 is 14.2 Å². The predicted octanol–water partition coefficient (Wildman–Crippen LogP) is 1.07. The average molecular weight is 274 g/mol. The van der Waals surface area contributed by atoms with E-state index in [0.29, 0.717) is 12.5 Å². The highest BCUT2D eigenvalue weighted by molar-refractivity contribution is 4.91. The molecule has 0 bridgehead atoms. The summed E-state index contributed by atoms with van der Waals surface area (Å²) in [7, 11) is 5.12. The molecule has 114 valence electrons. The minimum atomic E-state index is -0.198. The first-order chi connectivity index (χ1) is 9.09. The molecule has 1 aliphatic rings. The highest BCUT2D eigenvalue weighted by Crippen LogP contribution is 2.28. The number of rotatable bonds is 8. The van der Waals surface area contributed by atoms with Crippen LogP contribution in [0.3, 0.4) is 0 Å². The van der Waals surface area contributed by atoms with Gasteiger partial charge in [-0.05, 0) is 32.2 Å². The zero-order valence-corrected chi connectivity index (χ0v) is 12.9. The van der Waals surface area contributed by atoms with Crippen LogP contribution >= 0.6 is 0 Å². The molecule has 0 aliphatic carbocycles. The lowest BCUT2D eigenvalue weighted by atomic mass is 9.89. The van der Waals surface area contributed by atoms with E-state index in [-0.39, 0.29) is 11.8 Å². The maximum atomic E-state index is 6.03. The fourth-order valence-electron chi connectivity index (χ4n) is 2.89. The third-order valence-corrected chi connectivity index (χ3v) is 4.26. The summed E-state index contributed by atoms with van der Waals surface area (Å²) in [5.74, 6) is 0.605. The van der Waals surface area contributed by atoms with E-state index >= 15 is 0 Å². The Morgan fingerprint density at radius 3 is 2.53 bits per heavy atom. The second-order valence-corrected chi connectivity index (χ2v) is 5.72. The molecule has 0 aromatic carbocycles. The van der Waals surface area contributed by atoms with E-state index in [4.69, 9.17) is 19.9 Å². The summed E-state index contributed by atoms with van der Waals surface area (Å²) in [6.45, 7) is 5.77. The molecule has 1 saturated heterocycles. The van der Waals surface area contributed by atoms with Gasteiger partial charge in [-0.25, -0.2) is 0 Å². The molecule has 5 nitrogen and oxygen atoms in total. The van der Waals surface area contributed by atoms with E-state index in [1.165, 1.54) is 12.8 Å². The summed E-state index contributed by atoms with van der Waals surface area (Å²) in [5.41, 5.74) is 5.95. The molecule has 0 spiro atoms. The Morgan fingerprint density at radius 2 is 2.00 bits per heavy atom. The minimum absolute atomic E-state index is 0.0803. The molecule has 0 amide bonds. The summed E-state index contributed by atoms with van der Waals surface area (Å²) < 4.78 is 16.0. The van der Waals surface area contributed by atoms with Gasteiger partial charge >= 0.3 is 0 Å². The summed E-state index contributed by atoms with van der Waals surface area (Å²) in [5, 5.41) is 0. The number of hydrogen-bond donors (Lipinski definition) is 1. The fraction of sp³-hybridized carbons (Fsp3) is 1.00. The van der Waals surface area contributed by atoms with Crippen LogP contribution in [0.25, 0.3) is 0 Å². The molecule has 1 rings (SSSR count). The van der Waals surface area contributed by atoms with Crippen molar-refractivity contribution in [2.24, 2.45) is 11.7 Å². The van der Waals surface area contributed by atoms with E-state index < -0.39 is 0 Å². The minimum Gasteiger partial charge on any atom is -0.384 e. The Balaban J connectivity index is 2.65. The van der Waals surface area contributed by atoms with Gasteiger partial charge in [-0.3, -0.25) is 4.90 Å². The standard InChI is InChI=1S/C14H30N2O3/c1-14(11-15,8-13(18-3)19-4)16-7-5-6-12(9-16)10-17-2/h12-13H,5-11,15H2,1-4H3. The molecule has 0 radical (unpaired) electrons. The topological polar surface area (TPSA) is 57.0 Å². The molecule has 19 heavy (non-hydrogen) atoms. The van der Waals surface area contributed by atoms with E-state index in [1.807, 2.05) is 0 Å². The molecule has 0 aromatic heterocycles. The molecule has 0 saturated carbocycles.